The Hall–Kier alpha value is -3.93. The highest BCUT2D eigenvalue weighted by Crippen LogP contribution is 2.19. The van der Waals surface area contributed by atoms with Gasteiger partial charge >= 0.3 is 11.9 Å². The molecule has 0 radical (unpaired) electrons. The molecular formula is C19H23N5O7. The molecule has 3 amide bonds. The van der Waals surface area contributed by atoms with Crippen molar-refractivity contribution in [3.63, 3.8) is 0 Å². The largest absolute Gasteiger partial charge is 0.481 e. The zero-order chi connectivity index (χ0) is 23.0. The van der Waals surface area contributed by atoms with Gasteiger partial charge in [0, 0.05) is 23.5 Å². The van der Waals surface area contributed by atoms with E-state index in [1.165, 1.54) is 0 Å². The van der Waals surface area contributed by atoms with Crippen LogP contribution in [0.5, 0.6) is 0 Å². The van der Waals surface area contributed by atoms with Gasteiger partial charge in [0.1, 0.15) is 12.1 Å². The molecule has 1 aromatic carbocycles. The summed E-state index contributed by atoms with van der Waals surface area (Å²) in [4.78, 5) is 61.1. The molecule has 2 atom stereocenters. The van der Waals surface area contributed by atoms with E-state index < -0.39 is 61.3 Å². The van der Waals surface area contributed by atoms with Gasteiger partial charge in [0.05, 0.1) is 19.5 Å². The summed E-state index contributed by atoms with van der Waals surface area (Å²) in [6, 6.07) is 4.61. The predicted molar refractivity (Wildman–Crippen MR) is 108 cm³/mol. The van der Waals surface area contributed by atoms with Gasteiger partial charge in [-0.15, -0.1) is 0 Å². The van der Waals surface area contributed by atoms with E-state index in [0.29, 0.717) is 5.56 Å². The maximum absolute atomic E-state index is 12.2. The molecule has 12 nitrogen and oxygen atoms in total. The topological polar surface area (TPSA) is 204 Å². The molecule has 8 N–H and O–H groups in total. The molecule has 0 spiro atoms. The monoisotopic (exact) mass is 433 g/mol. The summed E-state index contributed by atoms with van der Waals surface area (Å²) in [5.41, 5.74) is 6.65. The third-order valence-electron chi connectivity index (χ3n) is 4.37. The number of carbonyl (C=O) groups is 5. The number of carbonyl (C=O) groups excluding carboxylic acids is 3. The number of aromatic nitrogens is 1. The standard InChI is InChI=1S/C19H23N5O7/c20-7-15(25)23-13(6-17(27)28)18(29)22-9-16(26)24-14(19(30)31)5-10-8-21-12-4-2-1-3-11(10)12/h1-4,8,13-14,21H,5-7,9,20H2,(H,22,29)(H,23,25)(H,24,26)(H,27,28)(H,30,31). The highest BCUT2D eigenvalue weighted by Gasteiger charge is 2.25. The SMILES string of the molecule is NCC(=O)NC(CC(=O)O)C(=O)NCC(=O)NC(Cc1c[nH]c2ccccc12)C(=O)O. The summed E-state index contributed by atoms with van der Waals surface area (Å²) in [6.07, 6.45) is 0.954. The van der Waals surface area contributed by atoms with Crippen molar-refractivity contribution in [2.24, 2.45) is 5.73 Å². The molecule has 2 aromatic rings. The predicted octanol–water partition coefficient (Wildman–Crippen LogP) is -1.69. The van der Waals surface area contributed by atoms with Crippen LogP contribution in [0.4, 0.5) is 0 Å². The average Bonchev–Trinajstić information content (AvgIpc) is 3.13. The van der Waals surface area contributed by atoms with Gasteiger partial charge in [0.2, 0.25) is 17.7 Å². The van der Waals surface area contributed by atoms with E-state index in [9.17, 15) is 29.1 Å². The minimum absolute atomic E-state index is 0.00717. The van der Waals surface area contributed by atoms with Gasteiger partial charge in [0.15, 0.2) is 0 Å². The Kier molecular flexibility index (Phi) is 8.09. The summed E-state index contributed by atoms with van der Waals surface area (Å²) in [5, 5.41) is 25.8. The molecule has 0 aliphatic heterocycles. The van der Waals surface area contributed by atoms with Gasteiger partial charge in [-0.05, 0) is 11.6 Å². The molecule has 31 heavy (non-hydrogen) atoms. The van der Waals surface area contributed by atoms with Gasteiger partial charge in [-0.3, -0.25) is 19.2 Å². The lowest BCUT2D eigenvalue weighted by Gasteiger charge is -2.17. The zero-order valence-electron chi connectivity index (χ0n) is 16.4. The fraction of sp³-hybridized carbons (Fsp3) is 0.316. The Labute approximate surface area is 176 Å². The molecule has 1 aromatic heterocycles. The number of benzene rings is 1. The molecule has 1 heterocycles. The molecule has 2 unspecified atom stereocenters. The Bertz CT molecular complexity index is 987. The van der Waals surface area contributed by atoms with E-state index in [0.717, 1.165) is 10.9 Å². The molecule has 166 valence electrons. The minimum atomic E-state index is -1.43. The van der Waals surface area contributed by atoms with Crippen LogP contribution in [0, 0.1) is 0 Å². The van der Waals surface area contributed by atoms with E-state index >= 15 is 0 Å². The van der Waals surface area contributed by atoms with Crippen molar-refractivity contribution in [3.05, 3.63) is 36.0 Å². The van der Waals surface area contributed by atoms with E-state index in [2.05, 4.69) is 20.9 Å². The van der Waals surface area contributed by atoms with Crippen LogP contribution >= 0.6 is 0 Å². The Morgan fingerprint density at radius 3 is 2.32 bits per heavy atom. The number of hydrogen-bond donors (Lipinski definition) is 7. The summed E-state index contributed by atoms with van der Waals surface area (Å²) in [7, 11) is 0. The van der Waals surface area contributed by atoms with Crippen molar-refractivity contribution >= 4 is 40.6 Å². The second-order valence-corrected chi connectivity index (χ2v) is 6.66. The zero-order valence-corrected chi connectivity index (χ0v) is 16.4. The molecule has 0 saturated heterocycles. The third kappa shape index (κ3) is 6.82. The summed E-state index contributed by atoms with van der Waals surface area (Å²) in [5.74, 6) is -5.05. The number of nitrogens with two attached hydrogens (primary N) is 1. The van der Waals surface area contributed by atoms with Gasteiger partial charge < -0.3 is 36.9 Å². The summed E-state index contributed by atoms with van der Waals surface area (Å²) in [6.45, 7) is -1.05. The van der Waals surface area contributed by atoms with Gasteiger partial charge in [-0.25, -0.2) is 4.79 Å². The lowest BCUT2D eigenvalue weighted by atomic mass is 10.0. The normalized spacial score (nSPS) is 12.5. The number of aliphatic carboxylic acids is 2. The fourth-order valence-electron chi connectivity index (χ4n) is 2.89. The van der Waals surface area contributed by atoms with Crippen LogP contribution < -0.4 is 21.7 Å². The first-order valence-electron chi connectivity index (χ1n) is 9.27. The van der Waals surface area contributed by atoms with Crippen LogP contribution in [-0.4, -0.2) is 70.0 Å². The second kappa shape index (κ2) is 10.7. The van der Waals surface area contributed by atoms with Crippen LogP contribution in [0.1, 0.15) is 12.0 Å². The number of hydrogen-bond acceptors (Lipinski definition) is 6. The van der Waals surface area contributed by atoms with Crippen LogP contribution in [0.25, 0.3) is 10.9 Å². The van der Waals surface area contributed by atoms with E-state index in [1.807, 2.05) is 18.2 Å². The summed E-state index contributed by atoms with van der Waals surface area (Å²) >= 11 is 0. The number of aromatic amines is 1. The Balaban J connectivity index is 1.96. The minimum Gasteiger partial charge on any atom is -0.481 e. The molecule has 0 saturated carbocycles. The number of carboxylic acid groups (broad SMARTS) is 2. The van der Waals surface area contributed by atoms with Crippen LogP contribution in [-0.2, 0) is 30.4 Å². The number of amides is 3. The van der Waals surface area contributed by atoms with Crippen LogP contribution in [0.3, 0.4) is 0 Å². The van der Waals surface area contributed by atoms with Crippen molar-refractivity contribution in [1.29, 1.82) is 0 Å². The Morgan fingerprint density at radius 1 is 1.00 bits per heavy atom. The van der Waals surface area contributed by atoms with Gasteiger partial charge in [0.25, 0.3) is 0 Å². The van der Waals surface area contributed by atoms with Crippen molar-refractivity contribution in [3.8, 4) is 0 Å². The van der Waals surface area contributed by atoms with Gasteiger partial charge in [-0.1, -0.05) is 18.2 Å². The lowest BCUT2D eigenvalue weighted by Crippen LogP contribution is -2.52. The molecule has 2 rings (SSSR count). The first-order chi connectivity index (χ1) is 14.7. The number of fused-ring (bicyclic) bond motifs is 1. The number of carboxylic acids is 2. The molecule has 0 bridgehead atoms. The van der Waals surface area contributed by atoms with Gasteiger partial charge in [-0.2, -0.15) is 0 Å². The Morgan fingerprint density at radius 2 is 1.68 bits per heavy atom. The maximum atomic E-state index is 12.2. The molecule has 0 aliphatic rings. The molecule has 0 fully saturated rings. The molecule has 0 aliphatic carbocycles. The fourth-order valence-corrected chi connectivity index (χ4v) is 2.89. The highest BCUT2D eigenvalue weighted by atomic mass is 16.4. The van der Waals surface area contributed by atoms with E-state index in [-0.39, 0.29) is 6.42 Å². The summed E-state index contributed by atoms with van der Waals surface area (Å²) < 4.78 is 0. The third-order valence-corrected chi connectivity index (χ3v) is 4.37. The second-order valence-electron chi connectivity index (χ2n) is 6.66. The van der Waals surface area contributed by atoms with E-state index in [1.54, 1.807) is 12.3 Å². The first-order valence-corrected chi connectivity index (χ1v) is 9.27. The maximum Gasteiger partial charge on any atom is 0.326 e. The molecule has 12 heteroatoms. The van der Waals surface area contributed by atoms with Crippen molar-refractivity contribution in [2.75, 3.05) is 13.1 Å². The van der Waals surface area contributed by atoms with E-state index in [4.69, 9.17) is 10.8 Å². The quantitative estimate of drug-likeness (QED) is 0.217. The number of nitrogens with one attached hydrogen (secondary N) is 4. The van der Waals surface area contributed by atoms with Crippen LogP contribution in [0.2, 0.25) is 0 Å². The molecular weight excluding hydrogens is 410 g/mol. The van der Waals surface area contributed by atoms with Crippen molar-refractivity contribution < 1.29 is 34.2 Å². The number of rotatable bonds is 11. The lowest BCUT2D eigenvalue weighted by molar-refractivity contribution is -0.142. The first kappa shape index (κ1) is 23.3. The van der Waals surface area contributed by atoms with Crippen molar-refractivity contribution in [1.82, 2.24) is 20.9 Å². The highest BCUT2D eigenvalue weighted by molar-refractivity contribution is 5.94. The number of H-pyrrole nitrogens is 1. The average molecular weight is 433 g/mol. The number of para-hydroxylation sites is 1. The smallest absolute Gasteiger partial charge is 0.326 e. The van der Waals surface area contributed by atoms with Crippen LogP contribution in [0.15, 0.2) is 30.5 Å². The van der Waals surface area contributed by atoms with Crippen molar-refractivity contribution in [2.45, 2.75) is 24.9 Å².